The van der Waals surface area contributed by atoms with Gasteiger partial charge in [0.2, 0.25) is 0 Å². The predicted molar refractivity (Wildman–Crippen MR) is 289 cm³/mol. The summed E-state index contributed by atoms with van der Waals surface area (Å²) in [6.45, 7) is 2.59. The molecule has 0 spiro atoms. The van der Waals surface area contributed by atoms with Crippen molar-refractivity contribution >= 4 is 11.9 Å². The van der Waals surface area contributed by atoms with E-state index in [1.165, 1.54) is 161 Å². The van der Waals surface area contributed by atoms with E-state index in [0.29, 0.717) is 19.3 Å². The highest BCUT2D eigenvalue weighted by Gasteiger charge is 2.47. The predicted octanol–water partition coefficient (Wildman–Crippen LogP) is 10.3. The second-order valence-electron chi connectivity index (χ2n) is 21.2. The third-order valence-corrected chi connectivity index (χ3v) is 14.4. The van der Waals surface area contributed by atoms with Gasteiger partial charge in [0, 0.05) is 12.8 Å². The molecule has 0 aromatic carbocycles. The highest BCUT2D eigenvalue weighted by molar-refractivity contribution is 5.70. The number of rotatable bonds is 48. The first-order chi connectivity index (χ1) is 36.0. The second kappa shape index (κ2) is 45.9. The molecular formula is C59H108O15. The summed E-state index contributed by atoms with van der Waals surface area (Å²) in [6.07, 6.45) is 33.6. The number of esters is 2. The Labute approximate surface area is 447 Å². The van der Waals surface area contributed by atoms with Crippen molar-refractivity contribution in [3.63, 3.8) is 0 Å². The zero-order chi connectivity index (χ0) is 53.9. The maximum Gasteiger partial charge on any atom is 0.306 e. The Morgan fingerprint density at radius 3 is 1.23 bits per heavy atom. The van der Waals surface area contributed by atoms with E-state index in [1.54, 1.807) is 0 Å². The van der Waals surface area contributed by atoms with Gasteiger partial charge in [0.15, 0.2) is 18.7 Å². The third kappa shape index (κ3) is 32.7. The van der Waals surface area contributed by atoms with Crippen LogP contribution < -0.4 is 0 Å². The topological polar surface area (TPSA) is 231 Å². The molecule has 2 rings (SSSR count). The number of ether oxygens (including phenoxy) is 6. The lowest BCUT2D eigenvalue weighted by molar-refractivity contribution is -0.332. The average molecular weight is 1060 g/mol. The normalized spacial score (nSPS) is 24.8. The second-order valence-corrected chi connectivity index (χ2v) is 21.2. The zero-order valence-corrected chi connectivity index (χ0v) is 46.3. The van der Waals surface area contributed by atoms with E-state index in [0.717, 1.165) is 38.5 Å². The van der Waals surface area contributed by atoms with Crippen LogP contribution in [0.5, 0.6) is 0 Å². The van der Waals surface area contributed by atoms with Crippen molar-refractivity contribution in [2.75, 3.05) is 26.4 Å². The molecule has 2 saturated heterocycles. The molecule has 0 aliphatic carbocycles. The van der Waals surface area contributed by atoms with E-state index in [1.807, 2.05) is 0 Å². The van der Waals surface area contributed by atoms with E-state index in [2.05, 4.69) is 38.2 Å². The van der Waals surface area contributed by atoms with E-state index in [9.17, 15) is 45.3 Å². The first kappa shape index (κ1) is 68.1. The minimum Gasteiger partial charge on any atom is -0.462 e. The Hall–Kier alpha value is -2.02. The van der Waals surface area contributed by atoms with Gasteiger partial charge in [0.05, 0.1) is 19.8 Å². The van der Waals surface area contributed by atoms with Gasteiger partial charge < -0.3 is 64.2 Å². The number of hydrogen-bond acceptors (Lipinski definition) is 15. The summed E-state index contributed by atoms with van der Waals surface area (Å²) in [5.41, 5.74) is 0. The largest absolute Gasteiger partial charge is 0.462 e. The van der Waals surface area contributed by atoms with Gasteiger partial charge in [0.1, 0.15) is 55.4 Å². The van der Waals surface area contributed by atoms with Crippen molar-refractivity contribution in [3.8, 4) is 0 Å². The number of aliphatic hydroxyl groups is 7. The van der Waals surface area contributed by atoms with Gasteiger partial charge in [-0.1, -0.05) is 199 Å². The standard InChI is InChI=1S/C59H108O15/c1-3-5-7-9-11-13-15-17-19-20-21-22-23-24-25-26-28-30-32-34-36-38-40-42-51(62)72-47(44-69-50(61)41-39-37-35-33-31-29-27-18-16-14-12-10-8-6-4-2)45-70-58-57(68)55(66)53(64)49(74-58)46-71-59-56(67)54(65)52(63)48(43-60)73-59/h29,31,34,36,47-49,52-60,63-68H,3-28,30,32-33,35,37-46H2,1-2H3/b31-29+,36-34+/t47-,48+,49+,52-,53-,54?,55?,56?,57?,58+,59+/m1/s1. The smallest absolute Gasteiger partial charge is 0.306 e. The first-order valence-electron chi connectivity index (χ1n) is 29.9. The van der Waals surface area contributed by atoms with E-state index < -0.39 is 99.3 Å². The minimum atomic E-state index is -1.77. The number of allylic oxidation sites excluding steroid dienone is 4. The summed E-state index contributed by atoms with van der Waals surface area (Å²) in [5.74, 6) is -0.970. The van der Waals surface area contributed by atoms with Crippen LogP contribution in [0.4, 0.5) is 0 Å². The molecule has 2 aliphatic rings. The Kier molecular flexibility index (Phi) is 42.3. The zero-order valence-electron chi connectivity index (χ0n) is 46.3. The molecule has 11 atom stereocenters. The van der Waals surface area contributed by atoms with Crippen LogP contribution in [0.1, 0.15) is 245 Å². The molecule has 74 heavy (non-hydrogen) atoms. The van der Waals surface area contributed by atoms with Gasteiger partial charge in [-0.25, -0.2) is 0 Å². The average Bonchev–Trinajstić information content (AvgIpc) is 3.39. The molecule has 0 aromatic heterocycles. The number of aliphatic hydroxyl groups excluding tert-OH is 7. The van der Waals surface area contributed by atoms with Crippen LogP contribution in [0.25, 0.3) is 0 Å². The van der Waals surface area contributed by atoms with E-state index in [-0.39, 0.29) is 19.4 Å². The molecule has 0 aromatic rings. The quantitative estimate of drug-likeness (QED) is 0.0171. The van der Waals surface area contributed by atoms with Crippen LogP contribution in [0.3, 0.4) is 0 Å². The molecular weight excluding hydrogens is 949 g/mol. The van der Waals surface area contributed by atoms with Crippen LogP contribution in [0.15, 0.2) is 24.3 Å². The molecule has 0 amide bonds. The van der Waals surface area contributed by atoms with E-state index >= 15 is 0 Å². The maximum atomic E-state index is 13.1. The fourth-order valence-corrected chi connectivity index (χ4v) is 9.51. The van der Waals surface area contributed by atoms with Gasteiger partial charge >= 0.3 is 11.9 Å². The summed E-state index contributed by atoms with van der Waals surface area (Å²) >= 11 is 0. The SMILES string of the molecule is CCCCCCCCCC/C=C/CCCCCC(=O)OC[C@H](CO[C@H]1O[C@@H](CO[C@H]2O[C@@H](CO)[C@@H](O)C(O)C2O)[C@@H](O)C(O)C1O)OC(=O)CCC/C=C/CCCCCCCCCCCCCCCCCCCC. The molecule has 7 N–H and O–H groups in total. The molecule has 2 aliphatic heterocycles. The van der Waals surface area contributed by atoms with Crippen LogP contribution in [-0.4, -0.2) is 142 Å². The highest BCUT2D eigenvalue weighted by atomic mass is 16.7. The van der Waals surface area contributed by atoms with Crippen molar-refractivity contribution in [2.24, 2.45) is 0 Å². The number of carbonyl (C=O) groups excluding carboxylic acids is 2. The molecule has 0 radical (unpaired) electrons. The maximum absolute atomic E-state index is 13.1. The van der Waals surface area contributed by atoms with Gasteiger partial charge in [-0.2, -0.15) is 0 Å². The lowest BCUT2D eigenvalue weighted by Crippen LogP contribution is -2.61. The van der Waals surface area contributed by atoms with Crippen molar-refractivity contribution in [2.45, 2.75) is 313 Å². The molecule has 2 heterocycles. The fourth-order valence-electron chi connectivity index (χ4n) is 9.51. The van der Waals surface area contributed by atoms with Crippen molar-refractivity contribution in [1.82, 2.24) is 0 Å². The monoisotopic (exact) mass is 1060 g/mol. The lowest BCUT2D eigenvalue weighted by Gasteiger charge is -2.42. The summed E-state index contributed by atoms with van der Waals surface area (Å²) in [7, 11) is 0. The van der Waals surface area contributed by atoms with Gasteiger partial charge in [-0.15, -0.1) is 0 Å². The number of unbranched alkanes of at least 4 members (excludes halogenated alkanes) is 30. The Morgan fingerprint density at radius 2 is 0.784 bits per heavy atom. The molecule has 0 bridgehead atoms. The van der Waals surface area contributed by atoms with E-state index in [4.69, 9.17) is 28.4 Å². The van der Waals surface area contributed by atoms with Crippen LogP contribution >= 0.6 is 0 Å². The van der Waals surface area contributed by atoms with Crippen LogP contribution in [-0.2, 0) is 38.0 Å². The Morgan fingerprint density at radius 1 is 0.419 bits per heavy atom. The van der Waals surface area contributed by atoms with Crippen LogP contribution in [0, 0.1) is 0 Å². The molecule has 4 unspecified atom stereocenters. The molecule has 434 valence electrons. The first-order valence-corrected chi connectivity index (χ1v) is 29.9. The Bertz CT molecular complexity index is 1380. The summed E-state index contributed by atoms with van der Waals surface area (Å²) < 4.78 is 33.6. The third-order valence-electron chi connectivity index (χ3n) is 14.4. The van der Waals surface area contributed by atoms with Gasteiger partial charge in [-0.3, -0.25) is 9.59 Å². The summed E-state index contributed by atoms with van der Waals surface area (Å²) in [6, 6.07) is 0. The fraction of sp³-hybridized carbons (Fsp3) is 0.898. The van der Waals surface area contributed by atoms with Gasteiger partial charge in [0.25, 0.3) is 0 Å². The minimum absolute atomic E-state index is 0.117. The number of carbonyl (C=O) groups is 2. The lowest BCUT2D eigenvalue weighted by atomic mass is 9.98. The summed E-state index contributed by atoms with van der Waals surface area (Å²) in [4.78, 5) is 25.9. The summed E-state index contributed by atoms with van der Waals surface area (Å²) in [5, 5.41) is 72.3. The molecule has 15 nitrogen and oxygen atoms in total. The van der Waals surface area contributed by atoms with Crippen molar-refractivity contribution < 1.29 is 73.8 Å². The Balaban J connectivity index is 1.74. The molecule has 15 heteroatoms. The van der Waals surface area contributed by atoms with Crippen molar-refractivity contribution in [1.29, 1.82) is 0 Å². The molecule has 0 saturated carbocycles. The van der Waals surface area contributed by atoms with Crippen molar-refractivity contribution in [3.05, 3.63) is 24.3 Å². The molecule has 2 fully saturated rings. The van der Waals surface area contributed by atoms with Gasteiger partial charge in [-0.05, 0) is 57.8 Å². The van der Waals surface area contributed by atoms with Crippen LogP contribution in [0.2, 0.25) is 0 Å². The highest BCUT2D eigenvalue weighted by Crippen LogP contribution is 2.27. The number of hydrogen-bond donors (Lipinski definition) is 7.